The van der Waals surface area contributed by atoms with Crippen molar-refractivity contribution in [3.05, 3.63) is 99.6 Å². The Balaban J connectivity index is 0.924. The molecule has 5 heterocycles. The molecule has 4 fully saturated rings. The first-order valence-corrected chi connectivity index (χ1v) is 28.9. The van der Waals surface area contributed by atoms with Crippen molar-refractivity contribution in [2.24, 2.45) is 11.3 Å². The fourth-order valence-electron chi connectivity index (χ4n) is 11.4. The highest BCUT2D eigenvalue weighted by molar-refractivity contribution is 7.90. The third-order valence-electron chi connectivity index (χ3n) is 15.7. The number of H-pyrrole nitrogens is 1. The molecule has 2 aliphatic heterocycles. The number of sulfonamides is 1. The van der Waals surface area contributed by atoms with Crippen LogP contribution in [0.2, 0.25) is 0 Å². The number of piperazine rings is 1. The lowest BCUT2D eigenvalue weighted by molar-refractivity contribution is -0.384. The number of ether oxygens (including phenoxy) is 2. The van der Waals surface area contributed by atoms with Gasteiger partial charge in [0.05, 0.1) is 40.5 Å². The van der Waals surface area contributed by atoms with Crippen LogP contribution in [-0.4, -0.2) is 134 Å². The zero-order valence-corrected chi connectivity index (χ0v) is 44.1. The van der Waals surface area contributed by atoms with E-state index in [1.807, 2.05) is 4.72 Å². The number of anilines is 2. The minimum absolute atomic E-state index is 0.0316. The lowest BCUT2D eigenvalue weighted by Gasteiger charge is -2.58. The first-order chi connectivity index (χ1) is 35.1. The summed E-state index contributed by atoms with van der Waals surface area (Å²) in [5.74, 6) is -1.40. The molecule has 19 nitrogen and oxygen atoms in total. The van der Waals surface area contributed by atoms with Gasteiger partial charge in [0, 0.05) is 94.2 Å². The molecule has 1 amide bonds. The summed E-state index contributed by atoms with van der Waals surface area (Å²) in [7, 11) is -6.50. The van der Waals surface area contributed by atoms with E-state index in [0.29, 0.717) is 69.5 Å². The summed E-state index contributed by atoms with van der Waals surface area (Å²) in [5, 5.41) is 25.6. The molecule has 0 radical (unpaired) electrons. The van der Waals surface area contributed by atoms with Crippen molar-refractivity contribution in [2.75, 3.05) is 75.1 Å². The Morgan fingerprint density at radius 2 is 1.74 bits per heavy atom. The molecule has 22 heteroatoms. The Morgan fingerprint density at radius 1 is 1.01 bits per heavy atom. The number of hydrogen-bond donors (Lipinski definition) is 4. The number of nitro groups is 1. The number of pyridine rings is 2. The Bertz CT molecular complexity index is 3130. The summed E-state index contributed by atoms with van der Waals surface area (Å²) in [6.07, 6.45) is 9.81. The Hall–Kier alpha value is -5.94. The number of aromatic amines is 1. The minimum atomic E-state index is -4.75. The number of nitrogens with zero attached hydrogens (tertiary/aromatic N) is 6. The standard InChI is InChI=1S/C52H66FN9O10S2/c1-33(2)38-8-6-7-9-39(38)44-32-59(22-23-73(5,67)68)20-21-61(44)36-27-52(28-36)16-18-60(19-17-52)35-10-11-40(45(24-35)72-46-26-41-42(53)31-56-47(41)57-50(46)71-4)49(63)58-74(69,70)37-25-43(62(65)66)48(55-30-37)54-29-34-12-14-51(3,64)15-13-34/h6-11,24-26,30-31,33-34,36,44,64H,12-23,27-29,32H2,1-5H3,(H,54,55)(H,56,57)(H,58,63)/t34?,44-,51?/m0/s1. The zero-order chi connectivity index (χ0) is 52.7. The van der Waals surface area contributed by atoms with Crippen molar-refractivity contribution in [2.45, 2.75) is 101 Å². The minimum Gasteiger partial charge on any atom is -0.478 e. The van der Waals surface area contributed by atoms with E-state index < -0.39 is 52.7 Å². The normalized spacial score (nSPS) is 21.9. The van der Waals surface area contributed by atoms with Gasteiger partial charge >= 0.3 is 5.69 Å². The summed E-state index contributed by atoms with van der Waals surface area (Å²) in [4.78, 5) is 43.3. The summed E-state index contributed by atoms with van der Waals surface area (Å²) < 4.78 is 80.7. The van der Waals surface area contributed by atoms with E-state index in [9.17, 15) is 41.2 Å². The van der Waals surface area contributed by atoms with Crippen LogP contribution in [0.1, 0.15) is 106 Å². The second kappa shape index (κ2) is 21.0. The average Bonchev–Trinajstić information content (AvgIpc) is 3.72. The fourth-order valence-corrected chi connectivity index (χ4v) is 12.9. The second-order valence-corrected chi connectivity index (χ2v) is 25.3. The number of fused-ring (bicyclic) bond motifs is 1. The molecule has 9 rings (SSSR count). The molecular weight excluding hydrogens is 994 g/mol. The predicted octanol–water partition coefficient (Wildman–Crippen LogP) is 7.55. The summed E-state index contributed by atoms with van der Waals surface area (Å²) in [6.45, 7) is 10.8. The number of methoxy groups -OCH3 is 1. The highest BCUT2D eigenvalue weighted by atomic mass is 32.2. The van der Waals surface area contributed by atoms with Gasteiger partial charge in [0.15, 0.2) is 5.75 Å². The Morgan fingerprint density at radius 3 is 2.43 bits per heavy atom. The molecule has 4 N–H and O–H groups in total. The van der Waals surface area contributed by atoms with Gasteiger partial charge in [-0.3, -0.25) is 24.7 Å². The number of benzene rings is 2. The van der Waals surface area contributed by atoms with Crippen LogP contribution in [0.4, 0.5) is 21.6 Å². The van der Waals surface area contributed by atoms with Crippen LogP contribution in [-0.2, 0) is 19.9 Å². The molecule has 1 atom stereocenters. The van der Waals surface area contributed by atoms with E-state index >= 15 is 0 Å². The zero-order valence-electron chi connectivity index (χ0n) is 42.5. The van der Waals surface area contributed by atoms with Gasteiger partial charge in [0.2, 0.25) is 5.82 Å². The second-order valence-electron chi connectivity index (χ2n) is 21.4. The highest BCUT2D eigenvalue weighted by Gasteiger charge is 2.50. The van der Waals surface area contributed by atoms with Crippen molar-refractivity contribution in [1.29, 1.82) is 0 Å². The number of aliphatic hydroxyl groups is 1. The number of nitrogens with one attached hydrogen (secondary N) is 3. The molecule has 398 valence electrons. The van der Waals surface area contributed by atoms with Crippen molar-refractivity contribution >= 4 is 54.0 Å². The SMILES string of the molecule is COc1nc2[nH]cc(F)c2cc1Oc1cc(N2CCC3(CC2)CC(N2CCN(CCS(C)(=O)=O)C[C@H]2c2ccccc2C(C)C)C3)ccc1C(=O)NS(=O)(=O)c1cnc(NCC2CCC(C)(O)CC2)c([N+](=O)[O-])c1. The number of piperidine rings is 1. The molecule has 2 saturated heterocycles. The molecule has 2 aliphatic carbocycles. The van der Waals surface area contributed by atoms with Gasteiger partial charge in [-0.2, -0.15) is 4.98 Å². The van der Waals surface area contributed by atoms with Crippen molar-refractivity contribution in [3.63, 3.8) is 0 Å². The van der Waals surface area contributed by atoms with Crippen LogP contribution in [0.3, 0.4) is 0 Å². The number of carbonyl (C=O) groups is 1. The predicted molar refractivity (Wildman–Crippen MR) is 279 cm³/mol. The first kappa shape index (κ1) is 52.9. The van der Waals surface area contributed by atoms with Crippen molar-refractivity contribution in [3.8, 4) is 17.4 Å². The molecule has 4 aliphatic rings. The summed E-state index contributed by atoms with van der Waals surface area (Å²) >= 11 is 0. The van der Waals surface area contributed by atoms with Gasteiger partial charge in [-0.1, -0.05) is 38.1 Å². The van der Waals surface area contributed by atoms with Gasteiger partial charge < -0.3 is 29.8 Å². The Labute approximate surface area is 431 Å². The van der Waals surface area contributed by atoms with Gasteiger partial charge in [0.25, 0.3) is 21.8 Å². The third-order valence-corrected chi connectivity index (χ3v) is 18.0. The van der Waals surface area contributed by atoms with E-state index in [-0.39, 0.29) is 62.9 Å². The smallest absolute Gasteiger partial charge is 0.312 e. The van der Waals surface area contributed by atoms with Crippen LogP contribution in [0, 0.1) is 27.3 Å². The van der Waals surface area contributed by atoms with Crippen LogP contribution in [0.5, 0.6) is 17.4 Å². The molecule has 1 spiro atoms. The van der Waals surface area contributed by atoms with Crippen LogP contribution in [0.25, 0.3) is 11.0 Å². The van der Waals surface area contributed by atoms with Gasteiger partial charge in [-0.15, -0.1) is 0 Å². The van der Waals surface area contributed by atoms with Gasteiger partial charge in [-0.05, 0) is 98.8 Å². The van der Waals surface area contributed by atoms with E-state index in [4.69, 9.17) is 9.47 Å². The molecular formula is C52H66FN9O10S2. The maximum Gasteiger partial charge on any atom is 0.312 e. The molecule has 0 bridgehead atoms. The van der Waals surface area contributed by atoms with Gasteiger partial charge in [0.1, 0.15) is 31.9 Å². The van der Waals surface area contributed by atoms with E-state index in [2.05, 4.69) is 73.1 Å². The number of hydrogen-bond acceptors (Lipinski definition) is 16. The Kier molecular flexibility index (Phi) is 15.0. The van der Waals surface area contributed by atoms with Gasteiger partial charge in [-0.25, -0.2) is 30.9 Å². The number of amides is 1. The lowest BCUT2D eigenvalue weighted by atomic mass is 9.59. The van der Waals surface area contributed by atoms with Crippen LogP contribution >= 0.6 is 0 Å². The summed E-state index contributed by atoms with van der Waals surface area (Å²) in [5.41, 5.74) is 2.06. The number of rotatable bonds is 17. The number of aromatic nitrogens is 3. The highest BCUT2D eigenvalue weighted by Crippen LogP contribution is 2.53. The maximum absolute atomic E-state index is 14.9. The molecule has 3 aromatic heterocycles. The molecule has 0 unspecified atom stereocenters. The molecule has 74 heavy (non-hydrogen) atoms. The van der Waals surface area contributed by atoms with Crippen molar-refractivity contribution < 1.29 is 45.5 Å². The van der Waals surface area contributed by atoms with E-state index in [0.717, 1.165) is 63.8 Å². The maximum atomic E-state index is 14.9. The summed E-state index contributed by atoms with van der Waals surface area (Å²) in [6, 6.07) is 16.1. The molecule has 5 aromatic rings. The third kappa shape index (κ3) is 11.6. The van der Waals surface area contributed by atoms with Crippen molar-refractivity contribution in [1.82, 2.24) is 29.5 Å². The van der Waals surface area contributed by atoms with Crippen LogP contribution in [0.15, 0.2) is 71.9 Å². The topological polar surface area (TPSA) is 243 Å². The number of carbonyl (C=O) groups excluding carboxylic acids is 1. The monoisotopic (exact) mass is 1060 g/mol. The first-order valence-electron chi connectivity index (χ1n) is 25.3. The average molecular weight is 1060 g/mol. The quantitative estimate of drug-likeness (QED) is 0.0519. The van der Waals surface area contributed by atoms with E-state index in [1.165, 1.54) is 36.6 Å². The van der Waals surface area contributed by atoms with E-state index in [1.54, 1.807) is 19.1 Å². The molecule has 2 saturated carbocycles. The molecule has 2 aromatic carbocycles. The van der Waals surface area contributed by atoms with Crippen LogP contribution < -0.4 is 24.4 Å². The number of halogens is 1. The largest absolute Gasteiger partial charge is 0.478 e. The number of sulfone groups is 1. The fraction of sp³-hybridized carbons (Fsp3) is 0.519. The lowest BCUT2D eigenvalue weighted by Crippen LogP contribution is -2.60.